The molecule has 0 amide bonds. The van der Waals surface area contributed by atoms with E-state index in [1.54, 1.807) is 12.3 Å². The molecule has 0 aliphatic heterocycles. The molecule has 102 valence electrons. The maximum absolute atomic E-state index is 12.1. The highest BCUT2D eigenvalue weighted by Gasteiger charge is 2.22. The molecule has 0 atom stereocenters. The van der Waals surface area contributed by atoms with Gasteiger partial charge in [-0.1, -0.05) is 12.1 Å². The molecule has 0 unspecified atom stereocenters. The maximum Gasteiger partial charge on any atom is 0.344 e. The number of benzene rings is 1. The molecule has 0 aliphatic carbocycles. The van der Waals surface area contributed by atoms with Crippen molar-refractivity contribution in [3.8, 4) is 0 Å². The largest absolute Gasteiger partial charge is 0.465 e. The van der Waals surface area contributed by atoms with Gasteiger partial charge in [0.2, 0.25) is 5.65 Å². The monoisotopic (exact) mass is 278 g/mol. The number of hydrogen-bond acceptors (Lipinski definition) is 3. The minimum Gasteiger partial charge on any atom is -0.465 e. The zero-order valence-corrected chi connectivity index (χ0v) is 11.3. The van der Waals surface area contributed by atoms with Gasteiger partial charge < -0.3 is 4.74 Å². The van der Waals surface area contributed by atoms with Gasteiger partial charge >= 0.3 is 5.97 Å². The first kappa shape index (κ1) is 11.8. The number of methoxy groups -OCH3 is 1. The second-order valence-corrected chi connectivity index (χ2v) is 4.79. The molecule has 3 aromatic heterocycles. The number of ether oxygens (including phenoxy) is 1. The number of carbonyl (C=O) groups excluding carboxylic acids is 1. The number of nitrogens with one attached hydrogen (secondary N) is 1. The lowest BCUT2D eigenvalue weighted by molar-refractivity contribution is -0.452. The lowest BCUT2D eigenvalue weighted by Crippen LogP contribution is -2.25. The SMILES string of the molecule is COC(=O)c1cc2cccnc2[n+]2c1[nH]c1ccccc12. The lowest BCUT2D eigenvalue weighted by atomic mass is 10.2. The average Bonchev–Trinajstić information content (AvgIpc) is 2.93. The van der Waals surface area contributed by atoms with E-state index < -0.39 is 0 Å². The summed E-state index contributed by atoms with van der Waals surface area (Å²) in [6.45, 7) is 0. The van der Waals surface area contributed by atoms with Gasteiger partial charge in [-0.2, -0.15) is 4.40 Å². The molecule has 0 aliphatic rings. The molecule has 0 saturated heterocycles. The quantitative estimate of drug-likeness (QED) is 0.429. The van der Waals surface area contributed by atoms with Gasteiger partial charge in [0, 0.05) is 0 Å². The number of fused-ring (bicyclic) bond motifs is 5. The van der Waals surface area contributed by atoms with E-state index in [-0.39, 0.29) is 5.97 Å². The molecule has 0 radical (unpaired) electrons. The van der Waals surface area contributed by atoms with Crippen LogP contribution in [0.25, 0.3) is 27.7 Å². The van der Waals surface area contributed by atoms with Gasteiger partial charge in [0.05, 0.1) is 12.5 Å². The summed E-state index contributed by atoms with van der Waals surface area (Å²) in [5.41, 5.74) is 3.91. The highest BCUT2D eigenvalue weighted by molar-refractivity contribution is 5.99. The third kappa shape index (κ3) is 1.61. The van der Waals surface area contributed by atoms with Crippen LogP contribution in [0, 0.1) is 0 Å². The van der Waals surface area contributed by atoms with Crippen LogP contribution in [0.4, 0.5) is 0 Å². The standard InChI is InChI=1S/C16H11N3O2/c1-21-16(20)11-9-10-5-4-8-17-14(10)19-13-7-3-2-6-12(13)18-15(11)19/h2-9H,1H3/p+1. The number of carbonyl (C=O) groups is 1. The Labute approximate surface area is 119 Å². The number of esters is 1. The number of nitrogens with zero attached hydrogens (tertiary/aromatic N) is 2. The van der Waals surface area contributed by atoms with Gasteiger partial charge in [-0.25, -0.2) is 4.79 Å². The molecular weight excluding hydrogens is 266 g/mol. The topological polar surface area (TPSA) is 59.1 Å². The number of imidazole rings is 1. The Morgan fingerprint density at radius 2 is 2.10 bits per heavy atom. The predicted molar refractivity (Wildman–Crippen MR) is 78.1 cm³/mol. The third-order valence-corrected chi connectivity index (χ3v) is 3.61. The van der Waals surface area contributed by atoms with E-state index in [0.717, 1.165) is 22.1 Å². The van der Waals surface area contributed by atoms with Crippen LogP contribution in [0.15, 0.2) is 48.7 Å². The molecule has 0 spiro atoms. The minimum absolute atomic E-state index is 0.371. The molecule has 0 fully saturated rings. The van der Waals surface area contributed by atoms with Crippen molar-refractivity contribution in [2.75, 3.05) is 7.11 Å². The fourth-order valence-corrected chi connectivity index (χ4v) is 2.68. The second-order valence-electron chi connectivity index (χ2n) is 4.79. The second kappa shape index (κ2) is 4.28. The summed E-state index contributed by atoms with van der Waals surface area (Å²) < 4.78 is 6.85. The average molecular weight is 278 g/mol. The molecular formula is C16H12N3O2+. The van der Waals surface area contributed by atoms with Crippen LogP contribution in [-0.4, -0.2) is 23.0 Å². The van der Waals surface area contributed by atoms with Crippen LogP contribution < -0.4 is 4.40 Å². The number of rotatable bonds is 1. The maximum atomic E-state index is 12.1. The fraction of sp³-hybridized carbons (Fsp3) is 0.0625. The highest BCUT2D eigenvalue weighted by atomic mass is 16.5. The zero-order valence-electron chi connectivity index (χ0n) is 11.3. The van der Waals surface area contributed by atoms with E-state index in [1.165, 1.54) is 7.11 Å². The Morgan fingerprint density at radius 1 is 1.24 bits per heavy atom. The Bertz CT molecular complexity index is 1000. The first-order chi connectivity index (χ1) is 10.3. The van der Waals surface area contributed by atoms with Crippen molar-refractivity contribution < 1.29 is 13.9 Å². The fourth-order valence-electron chi connectivity index (χ4n) is 2.68. The summed E-state index contributed by atoms with van der Waals surface area (Å²) >= 11 is 0. The van der Waals surface area contributed by atoms with Gasteiger partial charge in [0.15, 0.2) is 0 Å². The van der Waals surface area contributed by atoms with Crippen LogP contribution in [-0.2, 0) is 4.74 Å². The molecule has 1 N–H and O–H groups in total. The van der Waals surface area contributed by atoms with Crippen LogP contribution in [0.2, 0.25) is 0 Å². The van der Waals surface area contributed by atoms with Crippen molar-refractivity contribution in [2.45, 2.75) is 0 Å². The molecule has 5 heteroatoms. The number of aromatic nitrogens is 3. The lowest BCUT2D eigenvalue weighted by Gasteiger charge is -2.01. The zero-order chi connectivity index (χ0) is 14.4. The van der Waals surface area contributed by atoms with Crippen LogP contribution in [0.5, 0.6) is 0 Å². The van der Waals surface area contributed by atoms with E-state index >= 15 is 0 Å². The van der Waals surface area contributed by atoms with Gasteiger partial charge in [0.1, 0.15) is 22.8 Å². The first-order valence-corrected chi connectivity index (χ1v) is 6.58. The molecule has 3 heterocycles. The molecule has 5 nitrogen and oxygen atoms in total. The Hall–Kier alpha value is -2.95. The molecule has 0 saturated carbocycles. The number of H-pyrrole nitrogens is 1. The number of para-hydroxylation sites is 2. The summed E-state index contributed by atoms with van der Waals surface area (Å²) in [4.78, 5) is 19.8. The summed E-state index contributed by atoms with van der Waals surface area (Å²) in [5, 5.41) is 0.889. The van der Waals surface area contributed by atoms with Crippen LogP contribution in [0.1, 0.15) is 10.4 Å². The summed E-state index contributed by atoms with van der Waals surface area (Å²) in [6.07, 6.45) is 1.74. The van der Waals surface area contributed by atoms with Crippen molar-refractivity contribution in [3.05, 3.63) is 54.2 Å². The Balaban J connectivity index is 2.30. The van der Waals surface area contributed by atoms with Crippen molar-refractivity contribution in [2.24, 2.45) is 0 Å². The number of aromatic amines is 1. The summed E-state index contributed by atoms with van der Waals surface area (Å²) in [5.74, 6) is -0.371. The molecule has 21 heavy (non-hydrogen) atoms. The van der Waals surface area contributed by atoms with Gasteiger partial charge in [-0.3, -0.25) is 4.98 Å². The van der Waals surface area contributed by atoms with Gasteiger partial charge in [-0.05, 0) is 30.3 Å². The van der Waals surface area contributed by atoms with E-state index in [2.05, 4.69) is 9.97 Å². The third-order valence-electron chi connectivity index (χ3n) is 3.61. The van der Waals surface area contributed by atoms with E-state index in [0.29, 0.717) is 11.2 Å². The van der Waals surface area contributed by atoms with Crippen LogP contribution >= 0.6 is 0 Å². The smallest absolute Gasteiger partial charge is 0.344 e. The molecule has 4 rings (SSSR count). The van der Waals surface area contributed by atoms with Gasteiger partial charge in [0.25, 0.3) is 5.65 Å². The summed E-state index contributed by atoms with van der Waals surface area (Å²) in [7, 11) is 1.38. The minimum atomic E-state index is -0.371. The Morgan fingerprint density at radius 3 is 2.95 bits per heavy atom. The Kier molecular flexibility index (Phi) is 2.41. The predicted octanol–water partition coefficient (Wildman–Crippen LogP) is 2.24. The van der Waals surface area contributed by atoms with Crippen LogP contribution in [0.3, 0.4) is 0 Å². The van der Waals surface area contributed by atoms with Crippen molar-refractivity contribution >= 4 is 33.7 Å². The van der Waals surface area contributed by atoms with Crippen molar-refractivity contribution in [3.63, 3.8) is 0 Å². The number of hydrogen-bond donors (Lipinski definition) is 1. The normalized spacial score (nSPS) is 11.3. The van der Waals surface area contributed by atoms with Crippen molar-refractivity contribution in [1.29, 1.82) is 0 Å². The summed E-state index contributed by atoms with van der Waals surface area (Å²) in [6, 6.07) is 13.5. The van der Waals surface area contributed by atoms with Gasteiger partial charge in [-0.15, -0.1) is 4.98 Å². The van der Waals surface area contributed by atoms with E-state index in [1.807, 2.05) is 40.8 Å². The van der Waals surface area contributed by atoms with E-state index in [9.17, 15) is 4.79 Å². The highest BCUT2D eigenvalue weighted by Crippen LogP contribution is 2.19. The molecule has 1 aromatic carbocycles. The number of pyridine rings is 2. The molecule has 4 aromatic rings. The van der Waals surface area contributed by atoms with E-state index in [4.69, 9.17) is 4.74 Å². The van der Waals surface area contributed by atoms with Crippen molar-refractivity contribution in [1.82, 2.24) is 9.97 Å². The molecule has 0 bridgehead atoms. The first-order valence-electron chi connectivity index (χ1n) is 6.58.